The number of morpholine rings is 1. The van der Waals surface area contributed by atoms with Crippen molar-refractivity contribution in [2.24, 2.45) is 0 Å². The third-order valence-corrected chi connectivity index (χ3v) is 3.99. The summed E-state index contributed by atoms with van der Waals surface area (Å²) in [4.78, 5) is 15.2. The van der Waals surface area contributed by atoms with Gasteiger partial charge in [0.2, 0.25) is 0 Å². The molecule has 1 saturated heterocycles. The second-order valence-electron chi connectivity index (χ2n) is 4.83. The smallest absolute Gasteiger partial charge is 0.255 e. The molecule has 1 aliphatic rings. The molecule has 0 spiro atoms. The van der Waals surface area contributed by atoms with Crippen LogP contribution in [0.5, 0.6) is 0 Å². The minimum Gasteiger partial charge on any atom is -0.375 e. The summed E-state index contributed by atoms with van der Waals surface area (Å²) in [5.41, 5.74) is 0.515. The third kappa shape index (κ3) is 3.25. The molecular formula is C14H18ClNO2S. The zero-order valence-electron chi connectivity index (χ0n) is 11.1. The lowest BCUT2D eigenvalue weighted by molar-refractivity contribution is -0.0444. The molecule has 1 fully saturated rings. The first kappa shape index (κ1) is 14.7. The molecule has 2 unspecified atom stereocenters. The maximum Gasteiger partial charge on any atom is 0.255 e. The van der Waals surface area contributed by atoms with E-state index in [-0.39, 0.29) is 18.1 Å². The van der Waals surface area contributed by atoms with E-state index in [2.05, 4.69) is 19.6 Å². The lowest BCUT2D eigenvalue weighted by Crippen LogP contribution is -2.51. The number of halogens is 1. The van der Waals surface area contributed by atoms with Gasteiger partial charge >= 0.3 is 0 Å². The Kier molecular flexibility index (Phi) is 4.76. The lowest BCUT2D eigenvalue weighted by Gasteiger charge is -2.38. The summed E-state index contributed by atoms with van der Waals surface area (Å²) in [5, 5.41) is 0.469. The summed E-state index contributed by atoms with van der Waals surface area (Å²) in [7, 11) is 0. The summed E-state index contributed by atoms with van der Waals surface area (Å²) in [5.74, 6) is -0.0390. The number of carbonyl (C=O) groups is 1. The van der Waals surface area contributed by atoms with Crippen molar-refractivity contribution in [2.45, 2.75) is 37.3 Å². The Morgan fingerprint density at radius 1 is 1.58 bits per heavy atom. The van der Waals surface area contributed by atoms with E-state index in [1.165, 1.54) is 0 Å². The molecular weight excluding hydrogens is 282 g/mol. The molecule has 0 saturated carbocycles. The third-order valence-electron chi connectivity index (χ3n) is 3.38. The largest absolute Gasteiger partial charge is 0.375 e. The second-order valence-corrected chi connectivity index (χ2v) is 5.75. The monoisotopic (exact) mass is 299 g/mol. The van der Waals surface area contributed by atoms with E-state index in [9.17, 15) is 4.79 Å². The fraction of sp³-hybridized carbons (Fsp3) is 0.500. The van der Waals surface area contributed by atoms with Crippen LogP contribution < -0.4 is 0 Å². The van der Waals surface area contributed by atoms with Crippen LogP contribution in [0.2, 0.25) is 5.02 Å². The van der Waals surface area contributed by atoms with Gasteiger partial charge in [-0.25, -0.2) is 0 Å². The number of carbonyl (C=O) groups excluding carboxylic acids is 1. The van der Waals surface area contributed by atoms with Crippen molar-refractivity contribution in [1.29, 1.82) is 0 Å². The van der Waals surface area contributed by atoms with E-state index in [4.69, 9.17) is 16.3 Å². The van der Waals surface area contributed by atoms with Crippen molar-refractivity contribution in [3.8, 4) is 0 Å². The van der Waals surface area contributed by atoms with E-state index in [1.54, 1.807) is 18.2 Å². The SMILES string of the molecule is CCC1COC(C)CN1C(=O)c1cc(S)ccc1Cl. The summed E-state index contributed by atoms with van der Waals surface area (Å²) in [6.07, 6.45) is 0.932. The van der Waals surface area contributed by atoms with Crippen LogP contribution in [0.25, 0.3) is 0 Å². The van der Waals surface area contributed by atoms with Crippen molar-refractivity contribution in [3.05, 3.63) is 28.8 Å². The average molecular weight is 300 g/mol. The highest BCUT2D eigenvalue weighted by Gasteiger charge is 2.30. The molecule has 1 aromatic carbocycles. The minimum absolute atomic E-state index is 0.0390. The maximum absolute atomic E-state index is 12.6. The van der Waals surface area contributed by atoms with Gasteiger partial charge in [0.15, 0.2) is 0 Å². The molecule has 2 rings (SSSR count). The number of thiol groups is 1. The van der Waals surface area contributed by atoms with Gasteiger partial charge in [-0.3, -0.25) is 4.79 Å². The standard InChI is InChI=1S/C14H18ClNO2S/c1-3-10-8-18-9(2)7-16(10)14(17)12-6-11(19)4-5-13(12)15/h4-6,9-10,19H,3,7-8H2,1-2H3. The predicted molar refractivity (Wildman–Crippen MR) is 79.2 cm³/mol. The first-order valence-corrected chi connectivity index (χ1v) is 7.26. The van der Waals surface area contributed by atoms with Crippen molar-refractivity contribution in [2.75, 3.05) is 13.2 Å². The van der Waals surface area contributed by atoms with Gasteiger partial charge in [-0.05, 0) is 31.5 Å². The molecule has 1 aliphatic heterocycles. The summed E-state index contributed by atoms with van der Waals surface area (Å²) in [6, 6.07) is 5.33. The number of nitrogens with zero attached hydrogens (tertiary/aromatic N) is 1. The van der Waals surface area contributed by atoms with Gasteiger partial charge in [0, 0.05) is 11.4 Å². The lowest BCUT2D eigenvalue weighted by atomic mass is 10.1. The molecule has 0 aromatic heterocycles. The Morgan fingerprint density at radius 2 is 2.32 bits per heavy atom. The summed E-state index contributed by atoms with van der Waals surface area (Å²) >= 11 is 10.4. The Morgan fingerprint density at radius 3 is 3.00 bits per heavy atom. The molecule has 2 atom stereocenters. The maximum atomic E-state index is 12.6. The van der Waals surface area contributed by atoms with E-state index < -0.39 is 0 Å². The van der Waals surface area contributed by atoms with Gasteiger partial charge in [-0.1, -0.05) is 18.5 Å². The molecule has 104 valence electrons. The molecule has 0 aliphatic carbocycles. The first-order chi connectivity index (χ1) is 9.02. The van der Waals surface area contributed by atoms with Gasteiger partial charge in [-0.2, -0.15) is 0 Å². The van der Waals surface area contributed by atoms with E-state index in [0.29, 0.717) is 23.7 Å². The number of ether oxygens (including phenoxy) is 1. The van der Waals surface area contributed by atoms with Crippen LogP contribution in [0.4, 0.5) is 0 Å². The van der Waals surface area contributed by atoms with Crippen molar-refractivity contribution >= 4 is 30.1 Å². The minimum atomic E-state index is -0.0390. The average Bonchev–Trinajstić information content (AvgIpc) is 2.40. The molecule has 19 heavy (non-hydrogen) atoms. The second kappa shape index (κ2) is 6.16. The van der Waals surface area contributed by atoms with Crippen LogP contribution in [0.3, 0.4) is 0 Å². The Bertz CT molecular complexity index is 481. The van der Waals surface area contributed by atoms with E-state index in [0.717, 1.165) is 11.3 Å². The van der Waals surface area contributed by atoms with Crippen LogP contribution in [-0.2, 0) is 4.74 Å². The van der Waals surface area contributed by atoms with E-state index >= 15 is 0 Å². The van der Waals surface area contributed by atoms with Gasteiger partial charge in [0.05, 0.1) is 29.3 Å². The highest BCUT2D eigenvalue weighted by molar-refractivity contribution is 7.80. The topological polar surface area (TPSA) is 29.5 Å². The Balaban J connectivity index is 2.28. The van der Waals surface area contributed by atoms with E-state index in [1.807, 2.05) is 11.8 Å². The molecule has 1 heterocycles. The highest BCUT2D eigenvalue weighted by Crippen LogP contribution is 2.24. The highest BCUT2D eigenvalue weighted by atomic mass is 35.5. The summed E-state index contributed by atoms with van der Waals surface area (Å²) in [6.45, 7) is 5.22. The predicted octanol–water partition coefficient (Wildman–Crippen LogP) is 3.27. The zero-order valence-corrected chi connectivity index (χ0v) is 12.7. The Labute approximate surface area is 124 Å². The number of hydrogen-bond acceptors (Lipinski definition) is 3. The fourth-order valence-electron chi connectivity index (χ4n) is 2.26. The van der Waals surface area contributed by atoms with Crippen molar-refractivity contribution in [3.63, 3.8) is 0 Å². The Hall–Kier alpha value is -0.710. The van der Waals surface area contributed by atoms with Gasteiger partial charge in [0.1, 0.15) is 0 Å². The zero-order chi connectivity index (χ0) is 14.0. The van der Waals surface area contributed by atoms with Crippen LogP contribution in [0.1, 0.15) is 30.6 Å². The number of amides is 1. The quantitative estimate of drug-likeness (QED) is 0.849. The molecule has 3 nitrogen and oxygen atoms in total. The van der Waals surface area contributed by atoms with Crippen LogP contribution in [0.15, 0.2) is 23.1 Å². The van der Waals surface area contributed by atoms with Gasteiger partial charge < -0.3 is 9.64 Å². The molecule has 1 aromatic rings. The van der Waals surface area contributed by atoms with Crippen LogP contribution >= 0.6 is 24.2 Å². The van der Waals surface area contributed by atoms with Gasteiger partial charge in [-0.15, -0.1) is 12.6 Å². The number of rotatable bonds is 2. The van der Waals surface area contributed by atoms with Crippen LogP contribution in [-0.4, -0.2) is 36.1 Å². The van der Waals surface area contributed by atoms with Gasteiger partial charge in [0.25, 0.3) is 5.91 Å². The van der Waals surface area contributed by atoms with Crippen LogP contribution in [0, 0.1) is 0 Å². The first-order valence-electron chi connectivity index (χ1n) is 6.44. The number of hydrogen-bond donors (Lipinski definition) is 1. The molecule has 0 N–H and O–H groups in total. The van der Waals surface area contributed by atoms with Crippen molar-refractivity contribution in [1.82, 2.24) is 4.90 Å². The molecule has 5 heteroatoms. The number of benzene rings is 1. The summed E-state index contributed by atoms with van der Waals surface area (Å²) < 4.78 is 5.61. The fourth-order valence-corrected chi connectivity index (χ4v) is 2.66. The molecule has 1 amide bonds. The molecule has 0 radical (unpaired) electrons. The normalized spacial score (nSPS) is 23.5. The van der Waals surface area contributed by atoms with Crippen molar-refractivity contribution < 1.29 is 9.53 Å². The molecule has 0 bridgehead atoms.